The highest BCUT2D eigenvalue weighted by Crippen LogP contribution is 2.52. The molecule has 0 aromatic carbocycles. The average Bonchev–Trinajstić information content (AvgIpc) is 3.58. The highest BCUT2D eigenvalue weighted by atomic mass is 35.5. The van der Waals surface area contributed by atoms with Gasteiger partial charge in [0.25, 0.3) is 0 Å². The van der Waals surface area contributed by atoms with Crippen molar-refractivity contribution in [2.45, 2.75) is 109 Å². The van der Waals surface area contributed by atoms with Crippen LogP contribution in [0.4, 0.5) is 0 Å². The van der Waals surface area contributed by atoms with Crippen molar-refractivity contribution in [3.8, 4) is 0 Å². The van der Waals surface area contributed by atoms with E-state index in [1.165, 1.54) is 44.6 Å². The predicted octanol–water partition coefficient (Wildman–Crippen LogP) is 5.35. The maximum absolute atomic E-state index is 13.1. The zero-order valence-corrected chi connectivity index (χ0v) is 23.4. The van der Waals surface area contributed by atoms with Crippen LogP contribution in [0.1, 0.15) is 85.0 Å². The van der Waals surface area contributed by atoms with Crippen LogP contribution in [0.3, 0.4) is 0 Å². The van der Waals surface area contributed by atoms with Gasteiger partial charge in [-0.2, -0.15) is 0 Å². The number of allylic oxidation sites excluding steroid dienone is 1. The Kier molecular flexibility index (Phi) is 12.6. The fraction of sp³-hybridized carbons (Fsp3) is 0.750. The summed E-state index contributed by atoms with van der Waals surface area (Å²) in [5.41, 5.74) is 0.812. The molecule has 0 bridgehead atoms. The summed E-state index contributed by atoms with van der Waals surface area (Å²) in [5.74, 6) is -1.10. The molecule has 1 aliphatic heterocycles. The second kappa shape index (κ2) is 14.9. The summed E-state index contributed by atoms with van der Waals surface area (Å²) < 4.78 is 16.7. The van der Waals surface area contributed by atoms with Gasteiger partial charge >= 0.3 is 5.97 Å². The Morgan fingerprint density at radius 1 is 1.25 bits per heavy atom. The maximum atomic E-state index is 13.1. The van der Waals surface area contributed by atoms with Crippen LogP contribution in [0.15, 0.2) is 23.3 Å². The first-order valence-electron chi connectivity index (χ1n) is 13.3. The Labute approximate surface area is 221 Å². The van der Waals surface area contributed by atoms with Gasteiger partial charge in [-0.15, -0.1) is 0 Å². The largest absolute Gasteiger partial charge is 0.462 e. The third-order valence-electron chi connectivity index (χ3n) is 7.32. The molecule has 204 valence electrons. The number of esters is 1. The molecule has 2 aliphatic rings. The smallest absolute Gasteiger partial charge is 0.302 e. The second-order valence-electron chi connectivity index (χ2n) is 10.1. The molecule has 8 heteroatoms. The molecule has 1 saturated heterocycles. The topological polar surface area (TPSA) is 85.4 Å². The lowest BCUT2D eigenvalue weighted by Gasteiger charge is -2.31. The van der Waals surface area contributed by atoms with E-state index in [0.717, 1.165) is 12.8 Å². The van der Waals surface area contributed by atoms with Crippen molar-refractivity contribution < 1.29 is 28.6 Å². The third-order valence-corrected chi connectivity index (χ3v) is 7.58. The number of carbonyl (C=O) groups is 3. The second-order valence-corrected chi connectivity index (χ2v) is 10.3. The quantitative estimate of drug-likeness (QED) is 0.117. The van der Waals surface area contributed by atoms with E-state index in [2.05, 4.69) is 13.0 Å². The Morgan fingerprint density at radius 2 is 1.97 bits per heavy atom. The number of likely N-dealkylation sites (N-methyl/N-ethyl adjacent to an activating group) is 1. The number of unbranched alkanes of at least 4 members (excludes halogenated alkanes) is 4. The lowest BCUT2D eigenvalue weighted by molar-refractivity contribution is -0.152. The molecule has 1 amide bonds. The van der Waals surface area contributed by atoms with Gasteiger partial charge in [-0.3, -0.25) is 14.4 Å². The van der Waals surface area contributed by atoms with Gasteiger partial charge < -0.3 is 19.1 Å². The molecule has 1 saturated carbocycles. The van der Waals surface area contributed by atoms with Gasteiger partial charge in [0, 0.05) is 51.6 Å². The fourth-order valence-corrected chi connectivity index (χ4v) is 5.23. The summed E-state index contributed by atoms with van der Waals surface area (Å²) in [6, 6.07) is 0. The highest BCUT2D eigenvalue weighted by molar-refractivity contribution is 6.26. The van der Waals surface area contributed by atoms with E-state index in [1.807, 2.05) is 6.08 Å². The molecule has 7 nitrogen and oxygen atoms in total. The summed E-state index contributed by atoms with van der Waals surface area (Å²) in [5, 5.41) is 0. The van der Waals surface area contributed by atoms with E-state index in [0.29, 0.717) is 24.8 Å². The monoisotopic (exact) mass is 525 g/mol. The van der Waals surface area contributed by atoms with Crippen molar-refractivity contribution in [2.24, 2.45) is 5.92 Å². The lowest BCUT2D eigenvalue weighted by atomic mass is 9.75. The number of carbonyl (C=O) groups excluding carboxylic acids is 3. The van der Waals surface area contributed by atoms with Crippen molar-refractivity contribution in [2.75, 3.05) is 20.7 Å². The number of amides is 1. The molecule has 0 N–H and O–H groups in total. The number of nitrogens with zero attached hydrogens (tertiary/aromatic N) is 1. The van der Waals surface area contributed by atoms with Crippen LogP contribution in [-0.2, 0) is 28.6 Å². The van der Waals surface area contributed by atoms with Crippen LogP contribution in [-0.4, -0.2) is 67.2 Å². The predicted molar refractivity (Wildman–Crippen MR) is 141 cm³/mol. The number of fused-ring (bicyclic) bond motifs is 1. The zero-order valence-electron chi connectivity index (χ0n) is 22.6. The molecule has 0 aromatic rings. The number of Topliss-reactive ketones (excluding diaryl/α,β-unsaturated/α-hetero) is 1. The van der Waals surface area contributed by atoms with Crippen molar-refractivity contribution in [1.82, 2.24) is 4.90 Å². The molecular weight excluding hydrogens is 482 g/mol. The van der Waals surface area contributed by atoms with E-state index in [1.54, 1.807) is 26.0 Å². The van der Waals surface area contributed by atoms with Crippen molar-refractivity contribution in [1.29, 1.82) is 0 Å². The first-order chi connectivity index (χ1) is 17.2. The Balaban J connectivity index is 1.78. The van der Waals surface area contributed by atoms with Crippen LogP contribution in [0.25, 0.3) is 0 Å². The Bertz CT molecular complexity index is 812. The first kappa shape index (κ1) is 30.5. The van der Waals surface area contributed by atoms with Gasteiger partial charge in [0.2, 0.25) is 5.91 Å². The fourth-order valence-electron chi connectivity index (χ4n) is 5.00. The number of epoxide rings is 1. The number of rotatable bonds is 16. The molecule has 0 radical (unpaired) electrons. The minimum atomic E-state index is -1.11. The van der Waals surface area contributed by atoms with Gasteiger partial charge in [0.05, 0.1) is 12.0 Å². The summed E-state index contributed by atoms with van der Waals surface area (Å²) in [7, 11) is 3.46. The molecule has 0 unspecified atom stereocenters. The number of hydrogen-bond acceptors (Lipinski definition) is 6. The van der Waals surface area contributed by atoms with Crippen LogP contribution in [0.5, 0.6) is 0 Å². The van der Waals surface area contributed by atoms with E-state index in [-0.39, 0.29) is 30.4 Å². The SMILES string of the molecule is CCCCCCC[C@@H](C/C=C/CCC(=O)N(C)C/C(=C/Cl)[C@]12O[C@H]1C[C@@H](OC(C)=O)[C@@H](C)C2=O)OC. The molecule has 0 aromatic heterocycles. The maximum Gasteiger partial charge on any atom is 0.302 e. The standard InChI is InChI=1S/C28H44ClNO6/c1-6-7-8-9-11-14-23(34-5)15-12-10-13-16-26(32)30(4)19-22(18-29)28-25(36-28)17-24(35-21(3)31)20(2)27(28)33/h10,12,18,20,23-25H,6-9,11,13-17,19H2,1-5H3/b12-10+,22-18-/t20-,23+,24-,25+,28+/m1/s1. The molecule has 2 fully saturated rings. The van der Waals surface area contributed by atoms with E-state index < -0.39 is 23.6 Å². The number of hydrogen-bond donors (Lipinski definition) is 0. The minimum absolute atomic E-state index is 0.0300. The van der Waals surface area contributed by atoms with E-state index >= 15 is 0 Å². The van der Waals surface area contributed by atoms with Crippen molar-refractivity contribution >= 4 is 29.3 Å². The zero-order chi connectivity index (χ0) is 26.7. The van der Waals surface area contributed by atoms with Gasteiger partial charge in [-0.05, 0) is 19.3 Å². The van der Waals surface area contributed by atoms with Crippen LogP contribution in [0.2, 0.25) is 0 Å². The normalized spacial score (nSPS) is 26.6. The molecule has 2 rings (SSSR count). The van der Waals surface area contributed by atoms with Crippen molar-refractivity contribution in [3.63, 3.8) is 0 Å². The Morgan fingerprint density at radius 3 is 2.61 bits per heavy atom. The highest BCUT2D eigenvalue weighted by Gasteiger charge is 2.69. The van der Waals surface area contributed by atoms with Crippen LogP contribution >= 0.6 is 11.6 Å². The number of halogens is 1. The van der Waals surface area contributed by atoms with Crippen molar-refractivity contribution in [3.05, 3.63) is 23.3 Å². The average molecular weight is 526 g/mol. The first-order valence-corrected chi connectivity index (χ1v) is 13.8. The summed E-state index contributed by atoms with van der Waals surface area (Å²) in [6.07, 6.45) is 13.1. The van der Waals surface area contributed by atoms with Gasteiger partial charge in [-0.1, -0.05) is 69.7 Å². The van der Waals surface area contributed by atoms with Gasteiger partial charge in [-0.25, -0.2) is 0 Å². The lowest BCUT2D eigenvalue weighted by Crippen LogP contribution is -2.48. The van der Waals surface area contributed by atoms with E-state index in [4.69, 9.17) is 25.8 Å². The van der Waals surface area contributed by atoms with E-state index in [9.17, 15) is 14.4 Å². The van der Waals surface area contributed by atoms with Crippen LogP contribution in [0, 0.1) is 5.92 Å². The van der Waals surface area contributed by atoms with Gasteiger partial charge in [0.1, 0.15) is 12.2 Å². The molecule has 0 spiro atoms. The minimum Gasteiger partial charge on any atom is -0.462 e. The number of ether oxygens (including phenoxy) is 3. The molecule has 1 aliphatic carbocycles. The number of ketones is 1. The molecule has 1 heterocycles. The Hall–Kier alpha value is -1.70. The summed E-state index contributed by atoms with van der Waals surface area (Å²) in [6.45, 7) is 5.50. The summed E-state index contributed by atoms with van der Waals surface area (Å²) in [4.78, 5) is 38.8. The molecular formula is C28H44ClNO6. The third kappa shape index (κ3) is 8.15. The number of methoxy groups -OCH3 is 1. The molecule has 5 atom stereocenters. The van der Waals surface area contributed by atoms with Crippen LogP contribution < -0.4 is 0 Å². The summed E-state index contributed by atoms with van der Waals surface area (Å²) >= 11 is 6.11. The molecule has 36 heavy (non-hydrogen) atoms. The van der Waals surface area contributed by atoms with Gasteiger partial charge in [0.15, 0.2) is 11.4 Å².